The molecule has 1 N–H and O–H groups in total. The molecule has 1 fully saturated rings. The molecule has 0 bridgehead atoms. The molecule has 1 aromatic heterocycles. The minimum absolute atomic E-state index is 0.0121. The van der Waals surface area contributed by atoms with Crippen LogP contribution >= 0.6 is 11.6 Å². The Bertz CT molecular complexity index is 907. The second-order valence-corrected chi connectivity index (χ2v) is 9.34. The van der Waals surface area contributed by atoms with Crippen LogP contribution in [0.25, 0.3) is 0 Å². The molecule has 1 saturated carbocycles. The third-order valence-corrected chi connectivity index (χ3v) is 5.80. The predicted octanol–water partition coefficient (Wildman–Crippen LogP) is 3.82. The third-order valence-electron chi connectivity index (χ3n) is 4.41. The van der Waals surface area contributed by atoms with Gasteiger partial charge in [0.2, 0.25) is 0 Å². The Kier molecular flexibility index (Phi) is 4.68. The van der Waals surface area contributed by atoms with Crippen LogP contribution in [0.4, 0.5) is 4.39 Å². The van der Waals surface area contributed by atoms with Crippen molar-refractivity contribution in [3.63, 3.8) is 0 Å². The van der Waals surface area contributed by atoms with Gasteiger partial charge in [-0.3, -0.25) is 0 Å². The maximum Gasteiger partial charge on any atom is 0.194 e. The highest BCUT2D eigenvalue weighted by Crippen LogP contribution is 2.46. The number of ether oxygens (including phenoxy) is 1. The molecular weight excluding hydrogens is 367 g/mol. The van der Waals surface area contributed by atoms with Gasteiger partial charge in [-0.05, 0) is 42.9 Å². The van der Waals surface area contributed by atoms with Crippen LogP contribution in [0.2, 0.25) is 5.02 Å². The highest BCUT2D eigenvalue weighted by Gasteiger charge is 2.39. The van der Waals surface area contributed by atoms with Gasteiger partial charge in [-0.25, -0.2) is 17.8 Å². The molecule has 0 aliphatic heterocycles. The summed E-state index contributed by atoms with van der Waals surface area (Å²) in [6.07, 6.45) is 2.62. The summed E-state index contributed by atoms with van der Waals surface area (Å²) < 4.78 is 43.3. The summed E-state index contributed by atoms with van der Waals surface area (Å²) in [5.74, 6) is -0.157. The summed E-state index contributed by atoms with van der Waals surface area (Å²) in [7, 11) is -3.46. The first-order valence-corrected chi connectivity index (χ1v) is 10.2. The molecular formula is C17H20ClFN2O3S. The zero-order chi connectivity index (χ0) is 18.4. The van der Waals surface area contributed by atoms with Gasteiger partial charge in [0.05, 0.1) is 17.3 Å². The summed E-state index contributed by atoms with van der Waals surface area (Å²) in [6, 6.07) is 4.31. The molecule has 0 spiro atoms. The molecule has 0 amide bonds. The topological polar surface area (TPSA) is 72.0 Å². The molecule has 1 aliphatic carbocycles. The summed E-state index contributed by atoms with van der Waals surface area (Å²) in [5, 5.41) is -0.0303. The van der Waals surface area contributed by atoms with Crippen LogP contribution < -0.4 is 0 Å². The first-order valence-electron chi connectivity index (χ1n) is 7.92. The number of nitrogens with zero attached hydrogens (tertiary/aromatic N) is 1. The third kappa shape index (κ3) is 4.04. The van der Waals surface area contributed by atoms with Crippen molar-refractivity contribution in [2.45, 2.75) is 37.8 Å². The largest absolute Gasteiger partial charge is 0.365 e. The first-order chi connectivity index (χ1) is 11.6. The Morgan fingerprint density at radius 3 is 2.64 bits per heavy atom. The van der Waals surface area contributed by atoms with Crippen molar-refractivity contribution in [3.8, 4) is 0 Å². The molecule has 1 aliphatic rings. The number of aromatic nitrogens is 2. The summed E-state index contributed by atoms with van der Waals surface area (Å²) in [5.41, 5.74) is 1.19. The molecule has 1 aromatic carbocycles. The Balaban J connectivity index is 1.99. The fourth-order valence-electron chi connectivity index (χ4n) is 2.60. The Hall–Kier alpha value is -1.44. The van der Waals surface area contributed by atoms with Crippen LogP contribution in [0.5, 0.6) is 0 Å². The molecule has 5 nitrogen and oxygen atoms in total. The number of H-pyrrole nitrogens is 1. The number of sulfone groups is 1. The lowest BCUT2D eigenvalue weighted by molar-refractivity contribution is 0.0445. The fraction of sp³-hybridized carbons (Fsp3) is 0.471. The van der Waals surface area contributed by atoms with E-state index >= 15 is 0 Å². The van der Waals surface area contributed by atoms with Crippen molar-refractivity contribution < 1.29 is 17.5 Å². The molecule has 0 radical (unpaired) electrons. The monoisotopic (exact) mass is 386 g/mol. The number of rotatable bonds is 6. The van der Waals surface area contributed by atoms with Crippen molar-refractivity contribution in [2.24, 2.45) is 5.41 Å². The van der Waals surface area contributed by atoms with E-state index in [0.717, 1.165) is 19.1 Å². The average Bonchev–Trinajstić information content (AvgIpc) is 3.11. The molecule has 136 valence electrons. The van der Waals surface area contributed by atoms with Gasteiger partial charge in [0.15, 0.2) is 14.9 Å². The molecule has 1 heterocycles. The van der Waals surface area contributed by atoms with Gasteiger partial charge in [0.25, 0.3) is 0 Å². The number of hydrogen-bond acceptors (Lipinski definition) is 4. The van der Waals surface area contributed by atoms with Crippen molar-refractivity contribution >= 4 is 21.4 Å². The molecule has 8 heteroatoms. The van der Waals surface area contributed by atoms with Crippen molar-refractivity contribution in [2.75, 3.05) is 12.9 Å². The second kappa shape index (κ2) is 6.37. The van der Waals surface area contributed by atoms with Gasteiger partial charge < -0.3 is 9.72 Å². The lowest BCUT2D eigenvalue weighted by Crippen LogP contribution is -2.14. The quantitative estimate of drug-likeness (QED) is 0.819. The Morgan fingerprint density at radius 1 is 1.44 bits per heavy atom. The van der Waals surface area contributed by atoms with E-state index < -0.39 is 21.8 Å². The highest BCUT2D eigenvalue weighted by atomic mass is 35.5. The zero-order valence-corrected chi connectivity index (χ0v) is 15.8. The van der Waals surface area contributed by atoms with Crippen LogP contribution in [0.15, 0.2) is 23.2 Å². The highest BCUT2D eigenvalue weighted by molar-refractivity contribution is 7.90. The molecule has 1 atom stereocenters. The van der Waals surface area contributed by atoms with Crippen LogP contribution in [0, 0.1) is 18.2 Å². The predicted molar refractivity (Wildman–Crippen MR) is 93.0 cm³/mol. The number of hydrogen-bond donors (Lipinski definition) is 1. The standard InChI is InChI=1S/C17H20ClFN2O3S/c1-10-16(25(3,22)23)21-15(20-10)14(24-9-17(2)6-7-17)11-4-5-13(19)12(18)8-11/h4-5,8,14H,6-7,9H2,1-3H3,(H,20,21). The normalized spacial score (nSPS) is 17.5. The van der Waals surface area contributed by atoms with E-state index in [0.29, 0.717) is 23.7 Å². The maximum absolute atomic E-state index is 13.5. The van der Waals surface area contributed by atoms with Crippen LogP contribution in [0.1, 0.15) is 43.0 Å². The van der Waals surface area contributed by atoms with E-state index in [4.69, 9.17) is 16.3 Å². The number of aromatic amines is 1. The minimum atomic E-state index is -3.46. The average molecular weight is 387 g/mol. The zero-order valence-electron chi connectivity index (χ0n) is 14.3. The number of benzene rings is 1. The van der Waals surface area contributed by atoms with E-state index in [9.17, 15) is 12.8 Å². The van der Waals surface area contributed by atoms with Crippen LogP contribution in [0.3, 0.4) is 0 Å². The van der Waals surface area contributed by atoms with Crippen LogP contribution in [-0.4, -0.2) is 31.2 Å². The van der Waals surface area contributed by atoms with E-state index in [2.05, 4.69) is 16.9 Å². The van der Waals surface area contributed by atoms with E-state index in [-0.39, 0.29) is 15.5 Å². The minimum Gasteiger partial charge on any atom is -0.365 e. The van der Waals surface area contributed by atoms with Crippen molar-refractivity contribution in [1.82, 2.24) is 9.97 Å². The SMILES string of the molecule is Cc1[nH]c(C(OCC2(C)CC2)c2ccc(F)c(Cl)c2)nc1S(C)(=O)=O. The lowest BCUT2D eigenvalue weighted by Gasteiger charge is -2.19. The van der Waals surface area contributed by atoms with E-state index in [1.165, 1.54) is 12.1 Å². The van der Waals surface area contributed by atoms with Gasteiger partial charge in [0, 0.05) is 6.26 Å². The smallest absolute Gasteiger partial charge is 0.194 e. The molecule has 3 rings (SSSR count). The molecule has 25 heavy (non-hydrogen) atoms. The number of nitrogens with one attached hydrogen (secondary N) is 1. The number of aryl methyl sites for hydroxylation is 1. The van der Waals surface area contributed by atoms with E-state index in [1.807, 2.05) is 0 Å². The number of halogens is 2. The maximum atomic E-state index is 13.5. The van der Waals surface area contributed by atoms with Gasteiger partial charge in [-0.2, -0.15) is 0 Å². The summed E-state index contributed by atoms with van der Waals surface area (Å²) in [4.78, 5) is 7.21. The van der Waals surface area contributed by atoms with Crippen molar-refractivity contribution in [1.29, 1.82) is 0 Å². The number of imidazole rings is 1. The summed E-state index contributed by atoms with van der Waals surface area (Å²) in [6.45, 7) is 4.27. The Morgan fingerprint density at radius 2 is 2.12 bits per heavy atom. The van der Waals surface area contributed by atoms with Crippen molar-refractivity contribution in [3.05, 3.63) is 46.1 Å². The second-order valence-electron chi connectivity index (χ2n) is 7.00. The van der Waals surface area contributed by atoms with Gasteiger partial charge in [-0.1, -0.05) is 24.6 Å². The molecule has 0 saturated heterocycles. The van der Waals surface area contributed by atoms with Gasteiger partial charge in [-0.15, -0.1) is 0 Å². The van der Waals surface area contributed by atoms with Gasteiger partial charge >= 0.3 is 0 Å². The summed E-state index contributed by atoms with van der Waals surface area (Å²) >= 11 is 5.90. The van der Waals surface area contributed by atoms with E-state index in [1.54, 1.807) is 13.0 Å². The fourth-order valence-corrected chi connectivity index (χ4v) is 3.66. The van der Waals surface area contributed by atoms with Gasteiger partial charge in [0.1, 0.15) is 17.7 Å². The lowest BCUT2D eigenvalue weighted by atomic mass is 10.1. The molecule has 2 aromatic rings. The van der Waals surface area contributed by atoms with Crippen LogP contribution in [-0.2, 0) is 14.6 Å². The molecule has 1 unspecified atom stereocenters. The Labute approximate surface area is 151 Å². The first kappa shape index (κ1) is 18.4.